The van der Waals surface area contributed by atoms with Crippen LogP contribution >= 0.6 is 11.3 Å². The third kappa shape index (κ3) is 3.53. The minimum Gasteiger partial charge on any atom is -0.390 e. The first-order valence-corrected chi connectivity index (χ1v) is 9.89. The number of hydrogen-bond acceptors (Lipinski definition) is 6. The van der Waals surface area contributed by atoms with Crippen LogP contribution in [0.4, 0.5) is 0 Å². The van der Waals surface area contributed by atoms with Gasteiger partial charge in [0.1, 0.15) is 5.01 Å². The number of thiazole rings is 1. The molecule has 1 amide bonds. The molecule has 26 heavy (non-hydrogen) atoms. The van der Waals surface area contributed by atoms with E-state index in [2.05, 4.69) is 21.8 Å². The van der Waals surface area contributed by atoms with Gasteiger partial charge in [-0.25, -0.2) is 4.98 Å². The Labute approximate surface area is 157 Å². The lowest BCUT2D eigenvalue weighted by Gasteiger charge is -2.37. The highest BCUT2D eigenvalue weighted by Crippen LogP contribution is 2.24. The number of piperazine rings is 1. The van der Waals surface area contributed by atoms with E-state index in [1.807, 2.05) is 29.6 Å². The minimum atomic E-state index is -0.475. The summed E-state index contributed by atoms with van der Waals surface area (Å²) in [5.41, 5.74) is 1.69. The molecule has 2 aliphatic heterocycles. The molecule has 0 bridgehead atoms. The quantitative estimate of drug-likeness (QED) is 0.879. The number of carbonyl (C=O) groups is 1. The Bertz CT molecular complexity index is 741. The fraction of sp³-hybridized carbons (Fsp3) is 0.474. The molecule has 0 unspecified atom stereocenters. The Morgan fingerprint density at radius 2 is 1.88 bits per heavy atom. The van der Waals surface area contributed by atoms with E-state index in [4.69, 9.17) is 0 Å². The first kappa shape index (κ1) is 17.6. The summed E-state index contributed by atoms with van der Waals surface area (Å²) in [6.45, 7) is 4.92. The number of aliphatic hydroxyl groups is 1. The van der Waals surface area contributed by atoms with Gasteiger partial charge < -0.3 is 14.9 Å². The smallest absolute Gasteiger partial charge is 0.253 e. The Hall–Kier alpha value is -1.80. The van der Waals surface area contributed by atoms with Crippen LogP contribution in [0.2, 0.25) is 0 Å². The van der Waals surface area contributed by atoms with Crippen molar-refractivity contribution >= 4 is 17.2 Å². The van der Waals surface area contributed by atoms with Crippen LogP contribution in [0.15, 0.2) is 35.8 Å². The SMILES string of the molecule is CN1CCN([C@H]2CN(C(=O)c3ccc(-c4nccs4)cc3)C[C@@H]2O)CC1. The van der Waals surface area contributed by atoms with Gasteiger partial charge in [-0.3, -0.25) is 9.69 Å². The number of aliphatic hydroxyl groups excluding tert-OH is 1. The van der Waals surface area contributed by atoms with E-state index in [1.54, 1.807) is 22.4 Å². The standard InChI is InChI=1S/C19H24N4O2S/c1-21-7-9-22(10-8-21)16-12-23(13-17(16)24)19(25)15-4-2-14(3-5-15)18-20-6-11-26-18/h2-6,11,16-17,24H,7-10,12-13H2,1H3/t16-,17-/m0/s1. The van der Waals surface area contributed by atoms with Crippen molar-refractivity contribution in [3.05, 3.63) is 41.4 Å². The van der Waals surface area contributed by atoms with Gasteiger partial charge >= 0.3 is 0 Å². The van der Waals surface area contributed by atoms with Gasteiger partial charge in [0, 0.05) is 62.0 Å². The zero-order valence-corrected chi connectivity index (χ0v) is 15.7. The third-order valence-electron chi connectivity index (χ3n) is 5.36. The van der Waals surface area contributed by atoms with Crippen molar-refractivity contribution in [3.8, 4) is 10.6 Å². The number of benzene rings is 1. The molecule has 0 saturated carbocycles. The normalized spacial score (nSPS) is 24.9. The molecular formula is C19H24N4O2S. The van der Waals surface area contributed by atoms with Crippen LogP contribution < -0.4 is 0 Å². The zero-order valence-electron chi connectivity index (χ0n) is 14.9. The molecule has 0 radical (unpaired) electrons. The van der Waals surface area contributed by atoms with Crippen molar-refractivity contribution in [2.24, 2.45) is 0 Å². The van der Waals surface area contributed by atoms with Gasteiger partial charge in [-0.1, -0.05) is 12.1 Å². The molecule has 4 rings (SSSR count). The van der Waals surface area contributed by atoms with Crippen LogP contribution in [0.3, 0.4) is 0 Å². The predicted octanol–water partition coefficient (Wildman–Crippen LogP) is 1.24. The lowest BCUT2D eigenvalue weighted by atomic mass is 10.1. The maximum atomic E-state index is 12.8. The summed E-state index contributed by atoms with van der Waals surface area (Å²) >= 11 is 1.58. The monoisotopic (exact) mass is 372 g/mol. The summed E-state index contributed by atoms with van der Waals surface area (Å²) in [6.07, 6.45) is 1.31. The second-order valence-electron chi connectivity index (χ2n) is 7.10. The van der Waals surface area contributed by atoms with Crippen LogP contribution in [0.25, 0.3) is 10.6 Å². The molecule has 1 N–H and O–H groups in total. The van der Waals surface area contributed by atoms with Crippen molar-refractivity contribution in [1.29, 1.82) is 0 Å². The summed E-state index contributed by atoms with van der Waals surface area (Å²) in [5, 5.41) is 13.4. The molecule has 2 aromatic rings. The van der Waals surface area contributed by atoms with Crippen molar-refractivity contribution in [3.63, 3.8) is 0 Å². The first-order valence-electron chi connectivity index (χ1n) is 9.01. The Morgan fingerprint density at radius 1 is 1.15 bits per heavy atom. The molecule has 3 heterocycles. The number of likely N-dealkylation sites (N-methyl/N-ethyl adjacent to an activating group) is 1. The summed E-state index contributed by atoms with van der Waals surface area (Å²) < 4.78 is 0. The van der Waals surface area contributed by atoms with E-state index in [0.29, 0.717) is 18.7 Å². The first-order chi connectivity index (χ1) is 12.6. The summed E-state index contributed by atoms with van der Waals surface area (Å²) in [6, 6.07) is 7.64. The second kappa shape index (κ2) is 7.44. The lowest BCUT2D eigenvalue weighted by molar-refractivity contribution is 0.0512. The molecule has 138 valence electrons. The van der Waals surface area contributed by atoms with Gasteiger partial charge in [-0.15, -0.1) is 11.3 Å². The van der Waals surface area contributed by atoms with Crippen LogP contribution in [0.1, 0.15) is 10.4 Å². The molecule has 6 nitrogen and oxygen atoms in total. The maximum Gasteiger partial charge on any atom is 0.253 e. The summed E-state index contributed by atoms with van der Waals surface area (Å²) in [4.78, 5) is 23.5. The van der Waals surface area contributed by atoms with E-state index < -0.39 is 6.10 Å². The predicted molar refractivity (Wildman–Crippen MR) is 102 cm³/mol. The molecule has 2 saturated heterocycles. The number of hydrogen-bond donors (Lipinski definition) is 1. The number of aromatic nitrogens is 1. The number of carbonyl (C=O) groups excluding carboxylic acids is 1. The molecular weight excluding hydrogens is 348 g/mol. The number of likely N-dealkylation sites (tertiary alicyclic amines) is 1. The largest absolute Gasteiger partial charge is 0.390 e. The molecule has 2 aliphatic rings. The van der Waals surface area contributed by atoms with Crippen molar-refractivity contribution in [2.75, 3.05) is 46.3 Å². The van der Waals surface area contributed by atoms with Gasteiger partial charge in [-0.05, 0) is 19.2 Å². The number of amides is 1. The van der Waals surface area contributed by atoms with E-state index in [-0.39, 0.29) is 11.9 Å². The van der Waals surface area contributed by atoms with Crippen LogP contribution in [0, 0.1) is 0 Å². The highest BCUT2D eigenvalue weighted by atomic mass is 32.1. The van der Waals surface area contributed by atoms with Gasteiger partial charge in [0.25, 0.3) is 5.91 Å². The maximum absolute atomic E-state index is 12.8. The molecule has 1 aromatic carbocycles. The molecule has 2 atom stereocenters. The third-order valence-corrected chi connectivity index (χ3v) is 6.19. The average Bonchev–Trinajstić information content (AvgIpc) is 3.32. The Morgan fingerprint density at radius 3 is 2.54 bits per heavy atom. The molecule has 0 spiro atoms. The summed E-state index contributed by atoms with van der Waals surface area (Å²) in [7, 11) is 2.12. The van der Waals surface area contributed by atoms with E-state index in [1.165, 1.54) is 0 Å². The van der Waals surface area contributed by atoms with E-state index in [0.717, 1.165) is 36.8 Å². The van der Waals surface area contributed by atoms with Crippen LogP contribution in [-0.4, -0.2) is 89.2 Å². The Balaban J connectivity index is 1.42. The number of nitrogens with zero attached hydrogens (tertiary/aromatic N) is 4. The highest BCUT2D eigenvalue weighted by Gasteiger charge is 2.38. The average molecular weight is 372 g/mol. The molecule has 2 fully saturated rings. The fourth-order valence-corrected chi connectivity index (χ4v) is 4.40. The van der Waals surface area contributed by atoms with Crippen molar-refractivity contribution in [2.45, 2.75) is 12.1 Å². The van der Waals surface area contributed by atoms with Crippen LogP contribution in [0.5, 0.6) is 0 Å². The van der Waals surface area contributed by atoms with E-state index >= 15 is 0 Å². The molecule has 1 aromatic heterocycles. The lowest BCUT2D eigenvalue weighted by Crippen LogP contribution is -2.52. The van der Waals surface area contributed by atoms with Crippen LogP contribution in [-0.2, 0) is 0 Å². The Kier molecular flexibility index (Phi) is 5.04. The summed E-state index contributed by atoms with van der Waals surface area (Å²) in [5.74, 6) is -0.00799. The van der Waals surface area contributed by atoms with Gasteiger partial charge in [0.05, 0.1) is 12.1 Å². The van der Waals surface area contributed by atoms with Crippen molar-refractivity contribution < 1.29 is 9.90 Å². The zero-order chi connectivity index (χ0) is 18.1. The number of rotatable bonds is 3. The minimum absolute atomic E-state index is 0.00799. The molecule has 7 heteroatoms. The van der Waals surface area contributed by atoms with Gasteiger partial charge in [0.2, 0.25) is 0 Å². The molecule has 0 aliphatic carbocycles. The van der Waals surface area contributed by atoms with E-state index in [9.17, 15) is 9.90 Å². The topological polar surface area (TPSA) is 59.9 Å². The second-order valence-corrected chi connectivity index (χ2v) is 7.99. The fourth-order valence-electron chi connectivity index (χ4n) is 3.75. The van der Waals surface area contributed by atoms with Gasteiger partial charge in [0.15, 0.2) is 0 Å². The van der Waals surface area contributed by atoms with Crippen molar-refractivity contribution in [1.82, 2.24) is 19.7 Å². The van der Waals surface area contributed by atoms with Gasteiger partial charge in [-0.2, -0.15) is 0 Å². The highest BCUT2D eigenvalue weighted by molar-refractivity contribution is 7.13. The number of β-amino-alcohol motifs (C(OH)–C–C–N with tert-alkyl or cyclic N) is 1.